The smallest absolute Gasteiger partial charge is 0.266 e. The van der Waals surface area contributed by atoms with Crippen molar-refractivity contribution in [1.29, 1.82) is 0 Å². The molecular formula is C24H24ClNO4S2. The summed E-state index contributed by atoms with van der Waals surface area (Å²) in [6.07, 6.45) is 4.16. The average Bonchev–Trinajstić information content (AvgIpc) is 3.04. The van der Waals surface area contributed by atoms with Crippen LogP contribution in [0.3, 0.4) is 0 Å². The van der Waals surface area contributed by atoms with Gasteiger partial charge in [-0.05, 0) is 42.8 Å². The molecule has 2 aromatic rings. The summed E-state index contributed by atoms with van der Waals surface area (Å²) in [4.78, 5) is 14.6. The Kier molecular flexibility index (Phi) is 9.02. The minimum atomic E-state index is -0.114. The number of hydrogen-bond donors (Lipinski definition) is 0. The van der Waals surface area contributed by atoms with E-state index < -0.39 is 0 Å². The minimum absolute atomic E-state index is 0.114. The molecule has 2 aromatic carbocycles. The number of thioether (sulfide) groups is 1. The van der Waals surface area contributed by atoms with Crippen LogP contribution >= 0.6 is 35.6 Å². The highest BCUT2D eigenvalue weighted by Crippen LogP contribution is 2.35. The number of rotatable bonds is 11. The number of para-hydroxylation sites is 1. The first-order valence-corrected chi connectivity index (χ1v) is 11.8. The van der Waals surface area contributed by atoms with Crippen molar-refractivity contribution >= 4 is 51.9 Å². The van der Waals surface area contributed by atoms with E-state index in [1.165, 1.54) is 16.7 Å². The minimum Gasteiger partial charge on any atom is -0.492 e. The molecule has 0 radical (unpaired) electrons. The summed E-state index contributed by atoms with van der Waals surface area (Å²) in [6, 6.07) is 13.0. The van der Waals surface area contributed by atoms with Crippen molar-refractivity contribution in [3.8, 4) is 17.2 Å². The second kappa shape index (κ2) is 11.9. The summed E-state index contributed by atoms with van der Waals surface area (Å²) in [5, 5.41) is 0.587. The monoisotopic (exact) mass is 489 g/mol. The molecule has 32 heavy (non-hydrogen) atoms. The first-order valence-electron chi connectivity index (χ1n) is 10.2. The molecule has 0 spiro atoms. The fourth-order valence-corrected chi connectivity index (χ4v) is 4.39. The molecule has 1 heterocycles. The van der Waals surface area contributed by atoms with Crippen LogP contribution in [0.4, 0.5) is 0 Å². The average molecular weight is 490 g/mol. The number of nitrogens with zero attached hydrogens (tertiary/aromatic N) is 1. The number of amides is 1. The number of ether oxygens (including phenoxy) is 3. The molecule has 1 aliphatic rings. The third-order valence-corrected chi connectivity index (χ3v) is 6.08. The van der Waals surface area contributed by atoms with E-state index in [1.54, 1.807) is 12.1 Å². The molecule has 1 amide bonds. The van der Waals surface area contributed by atoms with E-state index in [2.05, 4.69) is 6.58 Å². The van der Waals surface area contributed by atoms with Gasteiger partial charge < -0.3 is 14.2 Å². The zero-order valence-electron chi connectivity index (χ0n) is 17.7. The van der Waals surface area contributed by atoms with Crippen LogP contribution in [0.25, 0.3) is 6.08 Å². The molecule has 0 atom stereocenters. The number of halogens is 1. The van der Waals surface area contributed by atoms with E-state index in [0.29, 0.717) is 64.3 Å². The summed E-state index contributed by atoms with van der Waals surface area (Å²) in [6.45, 7) is 7.43. The van der Waals surface area contributed by atoms with Crippen LogP contribution < -0.4 is 14.2 Å². The molecule has 0 N–H and O–H groups in total. The van der Waals surface area contributed by atoms with Crippen LogP contribution in [-0.2, 0) is 4.79 Å². The largest absolute Gasteiger partial charge is 0.492 e. The number of thiocarbonyl (C=S) groups is 1. The summed E-state index contributed by atoms with van der Waals surface area (Å²) < 4.78 is 17.9. The fraction of sp³-hybridized carbons (Fsp3) is 0.250. The van der Waals surface area contributed by atoms with Gasteiger partial charge in [-0.1, -0.05) is 59.9 Å². The van der Waals surface area contributed by atoms with Gasteiger partial charge in [0.2, 0.25) is 0 Å². The molecule has 0 saturated carbocycles. The number of hydrogen-bond acceptors (Lipinski definition) is 6. The molecule has 168 valence electrons. The zero-order chi connectivity index (χ0) is 22.9. The van der Waals surface area contributed by atoms with Crippen LogP contribution in [0.5, 0.6) is 17.2 Å². The van der Waals surface area contributed by atoms with E-state index in [0.717, 1.165) is 5.56 Å². The molecule has 3 rings (SSSR count). The van der Waals surface area contributed by atoms with E-state index in [4.69, 9.17) is 38.0 Å². The van der Waals surface area contributed by atoms with Gasteiger partial charge in [-0.2, -0.15) is 0 Å². The summed E-state index contributed by atoms with van der Waals surface area (Å²) in [7, 11) is 0. The Morgan fingerprint density at radius 3 is 2.56 bits per heavy atom. The number of carbonyl (C=O) groups is 1. The third kappa shape index (κ3) is 6.28. The van der Waals surface area contributed by atoms with Crippen molar-refractivity contribution in [3.63, 3.8) is 0 Å². The molecule has 0 bridgehead atoms. The Hall–Kier alpha value is -2.48. The van der Waals surface area contributed by atoms with Crippen LogP contribution in [0.2, 0.25) is 5.02 Å². The number of carbonyl (C=O) groups excluding carboxylic acids is 1. The van der Waals surface area contributed by atoms with Gasteiger partial charge >= 0.3 is 0 Å². The SMILES string of the molecule is C=CCN1C(=O)C(=Cc2ccc(OCCCOc3ccccc3Cl)c(OCC)c2)SC1=S. The van der Waals surface area contributed by atoms with Crippen LogP contribution in [0, 0.1) is 0 Å². The Labute approximate surface area is 203 Å². The Bertz CT molecular complexity index is 1020. The van der Waals surface area contributed by atoms with Gasteiger partial charge in [0.1, 0.15) is 10.1 Å². The molecular weight excluding hydrogens is 466 g/mol. The van der Waals surface area contributed by atoms with Crippen LogP contribution in [-0.4, -0.2) is 41.5 Å². The van der Waals surface area contributed by atoms with E-state index in [9.17, 15) is 4.79 Å². The van der Waals surface area contributed by atoms with Gasteiger partial charge in [0.25, 0.3) is 5.91 Å². The van der Waals surface area contributed by atoms with Gasteiger partial charge in [0.15, 0.2) is 11.5 Å². The highest BCUT2D eigenvalue weighted by atomic mass is 35.5. The predicted octanol–water partition coefficient (Wildman–Crippen LogP) is 5.97. The standard InChI is InChI=1S/C24H24ClNO4S2/c1-3-12-26-23(27)22(32-24(26)31)16-17-10-11-20(21(15-17)28-4-2)30-14-7-13-29-19-9-6-5-8-18(19)25/h3,5-6,8-11,15-16H,1,4,7,12-14H2,2H3. The van der Waals surface area contributed by atoms with E-state index in [-0.39, 0.29) is 5.91 Å². The lowest BCUT2D eigenvalue weighted by Crippen LogP contribution is -2.27. The second-order valence-corrected chi connectivity index (χ2v) is 8.78. The summed E-state index contributed by atoms with van der Waals surface area (Å²) in [5.41, 5.74) is 0.835. The molecule has 0 aromatic heterocycles. The Morgan fingerprint density at radius 2 is 1.84 bits per heavy atom. The predicted molar refractivity (Wildman–Crippen MR) is 135 cm³/mol. The lowest BCUT2D eigenvalue weighted by Gasteiger charge is -2.13. The second-order valence-electron chi connectivity index (χ2n) is 6.70. The molecule has 1 aliphatic heterocycles. The maximum Gasteiger partial charge on any atom is 0.266 e. The van der Waals surface area contributed by atoms with Crippen molar-refractivity contribution < 1.29 is 19.0 Å². The van der Waals surface area contributed by atoms with Crippen LogP contribution in [0.1, 0.15) is 18.9 Å². The van der Waals surface area contributed by atoms with Crippen molar-refractivity contribution in [2.24, 2.45) is 0 Å². The molecule has 1 saturated heterocycles. The first kappa shape index (κ1) is 24.2. The molecule has 5 nitrogen and oxygen atoms in total. The normalized spacial score (nSPS) is 14.7. The number of benzene rings is 2. The molecule has 0 aliphatic carbocycles. The quantitative estimate of drug-likeness (QED) is 0.168. The van der Waals surface area contributed by atoms with E-state index >= 15 is 0 Å². The van der Waals surface area contributed by atoms with Gasteiger partial charge in [-0.15, -0.1) is 6.58 Å². The fourth-order valence-electron chi connectivity index (χ4n) is 2.92. The Balaban J connectivity index is 1.61. The zero-order valence-corrected chi connectivity index (χ0v) is 20.1. The maximum absolute atomic E-state index is 12.5. The van der Waals surface area contributed by atoms with Crippen molar-refractivity contribution in [1.82, 2.24) is 4.90 Å². The Morgan fingerprint density at radius 1 is 1.09 bits per heavy atom. The first-order chi connectivity index (χ1) is 15.5. The van der Waals surface area contributed by atoms with Gasteiger partial charge in [-0.3, -0.25) is 9.69 Å². The van der Waals surface area contributed by atoms with Gasteiger partial charge in [0, 0.05) is 13.0 Å². The van der Waals surface area contributed by atoms with Crippen molar-refractivity contribution in [2.75, 3.05) is 26.4 Å². The maximum atomic E-state index is 12.5. The molecule has 1 fully saturated rings. The summed E-state index contributed by atoms with van der Waals surface area (Å²) in [5.74, 6) is 1.81. The van der Waals surface area contributed by atoms with Crippen molar-refractivity contribution in [2.45, 2.75) is 13.3 Å². The third-order valence-electron chi connectivity index (χ3n) is 4.39. The highest BCUT2D eigenvalue weighted by molar-refractivity contribution is 8.26. The lowest BCUT2D eigenvalue weighted by molar-refractivity contribution is -0.121. The van der Waals surface area contributed by atoms with Crippen LogP contribution in [0.15, 0.2) is 60.0 Å². The van der Waals surface area contributed by atoms with Gasteiger partial charge in [-0.25, -0.2) is 0 Å². The molecule has 8 heteroatoms. The van der Waals surface area contributed by atoms with E-state index in [1.807, 2.05) is 49.4 Å². The lowest BCUT2D eigenvalue weighted by atomic mass is 10.2. The molecule has 0 unspecified atom stereocenters. The van der Waals surface area contributed by atoms with Gasteiger partial charge in [0.05, 0.1) is 29.7 Å². The highest BCUT2D eigenvalue weighted by Gasteiger charge is 2.31. The van der Waals surface area contributed by atoms with Crippen molar-refractivity contribution in [3.05, 3.63) is 70.6 Å². The summed E-state index contributed by atoms with van der Waals surface area (Å²) >= 11 is 12.7. The topological polar surface area (TPSA) is 48.0 Å².